The van der Waals surface area contributed by atoms with Crippen LogP contribution in [0.15, 0.2) is 49.2 Å². The van der Waals surface area contributed by atoms with Crippen molar-refractivity contribution in [1.29, 1.82) is 5.26 Å². The molecule has 1 aromatic carbocycles. The molecule has 0 aliphatic rings. The molecular weight excluding hydrogens is 494 g/mol. The quantitative estimate of drug-likeness (QED) is 0.274. The number of carbonyl (C=O) groups is 3. The lowest BCUT2D eigenvalue weighted by Gasteiger charge is -2.21. The number of rotatable bonds is 12. The van der Waals surface area contributed by atoms with E-state index in [0.29, 0.717) is 22.1 Å². The van der Waals surface area contributed by atoms with E-state index in [4.69, 9.17) is 10.00 Å². The molecule has 0 saturated carbocycles. The van der Waals surface area contributed by atoms with Crippen LogP contribution in [-0.2, 0) is 22.6 Å². The molecule has 1 unspecified atom stereocenters. The molecule has 11 nitrogen and oxygen atoms in total. The van der Waals surface area contributed by atoms with Gasteiger partial charge in [0.1, 0.15) is 4.88 Å². The van der Waals surface area contributed by atoms with Crippen molar-refractivity contribution in [3.8, 4) is 6.07 Å². The summed E-state index contributed by atoms with van der Waals surface area (Å²) in [5.41, 5.74) is 1.28. The summed E-state index contributed by atoms with van der Waals surface area (Å²) in [6.45, 7) is 5.10. The minimum absolute atomic E-state index is 0.0805. The fourth-order valence-corrected chi connectivity index (χ4v) is 4.09. The summed E-state index contributed by atoms with van der Waals surface area (Å²) < 4.78 is 6.93. The van der Waals surface area contributed by atoms with Crippen molar-refractivity contribution in [1.82, 2.24) is 25.2 Å². The van der Waals surface area contributed by atoms with Gasteiger partial charge in [0.2, 0.25) is 0 Å². The topological polar surface area (TPSA) is 142 Å². The van der Waals surface area contributed by atoms with Gasteiger partial charge >= 0.3 is 12.0 Å². The van der Waals surface area contributed by atoms with Gasteiger partial charge in [-0.05, 0) is 31.0 Å². The van der Waals surface area contributed by atoms with Gasteiger partial charge in [0.05, 0.1) is 43.2 Å². The number of aryl methyl sites for hydroxylation is 1. The molecule has 194 valence electrons. The molecule has 37 heavy (non-hydrogen) atoms. The second kappa shape index (κ2) is 13.7. The van der Waals surface area contributed by atoms with Crippen LogP contribution in [0.4, 0.5) is 9.93 Å². The van der Waals surface area contributed by atoms with Crippen LogP contribution < -0.4 is 15.5 Å². The van der Waals surface area contributed by atoms with Crippen molar-refractivity contribution in [3.05, 3.63) is 65.2 Å². The Kier molecular flexibility index (Phi) is 10.2. The van der Waals surface area contributed by atoms with E-state index < -0.39 is 17.9 Å². The van der Waals surface area contributed by atoms with Crippen LogP contribution in [-0.4, -0.2) is 52.1 Å². The number of urea groups is 1. The number of nitrogens with one attached hydrogen (secondary N) is 2. The van der Waals surface area contributed by atoms with Crippen molar-refractivity contribution in [2.24, 2.45) is 5.92 Å². The second-order valence-electron chi connectivity index (χ2n) is 8.15. The van der Waals surface area contributed by atoms with Gasteiger partial charge in [0.15, 0.2) is 5.13 Å². The van der Waals surface area contributed by atoms with E-state index in [-0.39, 0.29) is 25.6 Å². The maximum atomic E-state index is 13.1. The van der Waals surface area contributed by atoms with Crippen molar-refractivity contribution in [2.45, 2.75) is 33.4 Å². The second-order valence-corrected chi connectivity index (χ2v) is 9.16. The summed E-state index contributed by atoms with van der Waals surface area (Å²) in [7, 11) is 0. The molecule has 3 rings (SSSR count). The number of nitriles is 1. The minimum Gasteiger partial charge on any atom is -0.466 e. The van der Waals surface area contributed by atoms with Crippen molar-refractivity contribution in [3.63, 3.8) is 0 Å². The third-order valence-corrected chi connectivity index (χ3v) is 6.32. The van der Waals surface area contributed by atoms with Gasteiger partial charge in [-0.1, -0.05) is 30.4 Å². The molecule has 0 aliphatic heterocycles. The Bertz CT molecular complexity index is 1220. The van der Waals surface area contributed by atoms with Crippen LogP contribution in [0.2, 0.25) is 0 Å². The Morgan fingerprint density at radius 2 is 2.03 bits per heavy atom. The van der Waals surface area contributed by atoms with Crippen LogP contribution in [0.25, 0.3) is 0 Å². The molecule has 2 N–H and O–H groups in total. The number of benzene rings is 1. The van der Waals surface area contributed by atoms with Gasteiger partial charge in [-0.15, -0.1) is 0 Å². The Morgan fingerprint density at radius 1 is 1.24 bits per heavy atom. The predicted molar refractivity (Wildman–Crippen MR) is 138 cm³/mol. The number of hydrogen-bond acceptors (Lipinski definition) is 8. The van der Waals surface area contributed by atoms with Gasteiger partial charge in [0.25, 0.3) is 5.91 Å². The molecule has 0 saturated heterocycles. The summed E-state index contributed by atoms with van der Waals surface area (Å²) in [5.74, 6) is -1.20. The van der Waals surface area contributed by atoms with E-state index in [2.05, 4.69) is 26.7 Å². The molecule has 1 atom stereocenters. The van der Waals surface area contributed by atoms with Gasteiger partial charge in [-0.25, -0.2) is 14.8 Å². The maximum absolute atomic E-state index is 13.1. The molecule has 3 amide bonds. The first kappa shape index (κ1) is 27.3. The molecule has 3 aromatic rings. The van der Waals surface area contributed by atoms with Gasteiger partial charge in [0, 0.05) is 32.0 Å². The van der Waals surface area contributed by atoms with Crippen LogP contribution in [0.3, 0.4) is 0 Å². The highest BCUT2D eigenvalue weighted by molar-refractivity contribution is 7.17. The summed E-state index contributed by atoms with van der Waals surface area (Å²) in [6.07, 6.45) is 7.45. The summed E-state index contributed by atoms with van der Waals surface area (Å²) in [6, 6.07) is 8.43. The van der Waals surface area contributed by atoms with E-state index in [9.17, 15) is 14.4 Å². The third kappa shape index (κ3) is 8.15. The number of thiazole rings is 1. The first-order valence-electron chi connectivity index (χ1n) is 11.8. The van der Waals surface area contributed by atoms with Gasteiger partial charge in [-0.2, -0.15) is 5.26 Å². The normalized spacial score (nSPS) is 11.3. The average molecular weight is 524 g/mol. The van der Waals surface area contributed by atoms with Crippen LogP contribution >= 0.6 is 11.3 Å². The number of esters is 1. The summed E-state index contributed by atoms with van der Waals surface area (Å²) >= 11 is 1.09. The monoisotopic (exact) mass is 523 g/mol. The SMILES string of the molecule is CCOC(=O)C(C)CNC(=O)N(Cc1ccc(C#N)cc1)c1ncc(C(=O)NCCCn2ccnc2)s1. The molecule has 0 radical (unpaired) electrons. The lowest BCUT2D eigenvalue weighted by atomic mass is 10.1. The third-order valence-electron chi connectivity index (χ3n) is 5.30. The standard InChI is InChI=1S/C25H29N7O4S/c1-3-36-23(34)18(2)14-29-24(35)32(16-20-7-5-19(13-26)6-8-20)25-30-15-21(37-25)22(33)28-9-4-11-31-12-10-27-17-31/h5-8,10,12,15,17-18H,3-4,9,11,14,16H2,1-2H3,(H,28,33)(H,29,35). The Labute approximate surface area is 219 Å². The first-order valence-corrected chi connectivity index (χ1v) is 12.6. The number of carbonyl (C=O) groups excluding carboxylic acids is 3. The number of ether oxygens (including phenoxy) is 1. The molecule has 12 heteroatoms. The van der Waals surface area contributed by atoms with Crippen LogP contribution in [0, 0.1) is 17.2 Å². The molecule has 0 aliphatic carbocycles. The Balaban J connectivity index is 1.67. The zero-order chi connectivity index (χ0) is 26.6. The maximum Gasteiger partial charge on any atom is 0.324 e. The highest BCUT2D eigenvalue weighted by atomic mass is 32.1. The number of hydrogen-bond donors (Lipinski definition) is 2. The molecule has 2 heterocycles. The largest absolute Gasteiger partial charge is 0.466 e. The van der Waals surface area contributed by atoms with E-state index >= 15 is 0 Å². The summed E-state index contributed by atoms with van der Waals surface area (Å²) in [5, 5.41) is 15.0. The zero-order valence-corrected chi connectivity index (χ0v) is 21.5. The van der Waals surface area contributed by atoms with E-state index in [1.165, 1.54) is 11.1 Å². The Morgan fingerprint density at radius 3 is 2.70 bits per heavy atom. The zero-order valence-electron chi connectivity index (χ0n) is 20.7. The lowest BCUT2D eigenvalue weighted by Crippen LogP contribution is -2.42. The van der Waals surface area contributed by atoms with Crippen LogP contribution in [0.5, 0.6) is 0 Å². The minimum atomic E-state index is -0.527. The Hall–Kier alpha value is -4.24. The molecule has 0 bridgehead atoms. The number of imidazole rings is 1. The van der Waals surface area contributed by atoms with E-state index in [1.54, 1.807) is 50.6 Å². The number of amides is 3. The predicted octanol–water partition coefficient (Wildman–Crippen LogP) is 2.95. The fraction of sp³-hybridized carbons (Fsp3) is 0.360. The smallest absolute Gasteiger partial charge is 0.324 e. The van der Waals surface area contributed by atoms with Gasteiger partial charge in [-0.3, -0.25) is 14.5 Å². The number of nitrogens with zero attached hydrogens (tertiary/aromatic N) is 5. The number of aromatic nitrogens is 3. The molecular formula is C25H29N7O4S. The highest BCUT2D eigenvalue weighted by Gasteiger charge is 2.23. The summed E-state index contributed by atoms with van der Waals surface area (Å²) in [4.78, 5) is 47.8. The lowest BCUT2D eigenvalue weighted by molar-refractivity contribution is -0.147. The van der Waals surface area contributed by atoms with E-state index in [1.807, 2.05) is 10.8 Å². The highest BCUT2D eigenvalue weighted by Crippen LogP contribution is 2.25. The molecule has 2 aromatic heterocycles. The molecule has 0 fully saturated rings. The van der Waals surface area contributed by atoms with Crippen molar-refractivity contribution >= 4 is 34.4 Å². The van der Waals surface area contributed by atoms with Gasteiger partial charge < -0.3 is 19.9 Å². The molecule has 0 spiro atoms. The van der Waals surface area contributed by atoms with E-state index in [0.717, 1.165) is 29.9 Å². The average Bonchev–Trinajstić information content (AvgIpc) is 3.61. The van der Waals surface area contributed by atoms with Crippen molar-refractivity contribution in [2.75, 3.05) is 24.6 Å². The fourth-order valence-electron chi connectivity index (χ4n) is 3.26. The van der Waals surface area contributed by atoms with Crippen LogP contribution in [0.1, 0.15) is 41.1 Å². The first-order chi connectivity index (χ1) is 17.9. The van der Waals surface area contributed by atoms with Crippen molar-refractivity contribution < 1.29 is 19.1 Å². The number of anilines is 1.